The molecule has 0 bridgehead atoms. The number of nitrogens with two attached hydrogens (primary N) is 1. The first-order chi connectivity index (χ1) is 9.85. The van der Waals surface area contributed by atoms with E-state index < -0.39 is 0 Å². The fraction of sp³-hybridized carbons (Fsp3) is 0.353. The van der Waals surface area contributed by atoms with Crippen molar-refractivity contribution in [3.63, 3.8) is 0 Å². The van der Waals surface area contributed by atoms with E-state index in [1.165, 1.54) is 24.0 Å². The molecule has 0 radical (unpaired) electrons. The number of aryl methyl sites for hydroxylation is 1. The molecule has 3 heteroatoms. The summed E-state index contributed by atoms with van der Waals surface area (Å²) in [5, 5.41) is 0. The van der Waals surface area contributed by atoms with Gasteiger partial charge in [0.15, 0.2) is 0 Å². The van der Waals surface area contributed by atoms with Crippen molar-refractivity contribution in [3.05, 3.63) is 65.0 Å². The maximum atomic E-state index is 5.66. The Bertz CT molecular complexity index is 580. The minimum Gasteiger partial charge on any atom is -0.325 e. The fourth-order valence-electron chi connectivity index (χ4n) is 2.86. The zero-order valence-corrected chi connectivity index (χ0v) is 11.8. The second-order valence-corrected chi connectivity index (χ2v) is 5.41. The standard InChI is InChI=1S/C17H21N3/c18-11-16-8-3-9-17(19-16)13-20-10-4-7-14-5-1-2-6-15(14)12-20/h1-3,5-6,8-9H,4,7,10-13,18H2. The molecule has 3 rings (SSSR count). The molecule has 2 N–H and O–H groups in total. The number of hydrogen-bond donors (Lipinski definition) is 1. The molecule has 3 nitrogen and oxygen atoms in total. The fourth-order valence-corrected chi connectivity index (χ4v) is 2.86. The Labute approximate surface area is 120 Å². The van der Waals surface area contributed by atoms with Gasteiger partial charge in [-0.1, -0.05) is 30.3 Å². The number of nitrogens with zero attached hydrogens (tertiary/aromatic N) is 2. The van der Waals surface area contributed by atoms with E-state index in [0.29, 0.717) is 6.54 Å². The Hall–Kier alpha value is -1.71. The first-order valence-electron chi connectivity index (χ1n) is 7.29. The van der Waals surface area contributed by atoms with Crippen LogP contribution in [0.3, 0.4) is 0 Å². The highest BCUT2D eigenvalue weighted by Gasteiger charge is 2.14. The van der Waals surface area contributed by atoms with Crippen molar-refractivity contribution in [1.82, 2.24) is 9.88 Å². The van der Waals surface area contributed by atoms with Gasteiger partial charge in [-0.2, -0.15) is 0 Å². The summed E-state index contributed by atoms with van der Waals surface area (Å²) in [6.45, 7) is 3.56. The molecular weight excluding hydrogens is 246 g/mol. The van der Waals surface area contributed by atoms with Gasteiger partial charge in [-0.25, -0.2) is 0 Å². The monoisotopic (exact) mass is 267 g/mol. The van der Waals surface area contributed by atoms with Crippen molar-refractivity contribution in [3.8, 4) is 0 Å². The molecule has 104 valence electrons. The van der Waals surface area contributed by atoms with Crippen LogP contribution in [-0.4, -0.2) is 16.4 Å². The van der Waals surface area contributed by atoms with Gasteiger partial charge in [0.05, 0.1) is 11.4 Å². The van der Waals surface area contributed by atoms with Crippen LogP contribution in [0.1, 0.15) is 28.9 Å². The molecule has 0 atom stereocenters. The summed E-state index contributed by atoms with van der Waals surface area (Å²) in [6, 6.07) is 14.9. The second kappa shape index (κ2) is 6.16. The van der Waals surface area contributed by atoms with Crippen LogP contribution in [-0.2, 0) is 26.1 Å². The van der Waals surface area contributed by atoms with Crippen LogP contribution in [0, 0.1) is 0 Å². The molecule has 1 aliphatic rings. The Morgan fingerprint density at radius 2 is 1.80 bits per heavy atom. The largest absolute Gasteiger partial charge is 0.325 e. The van der Waals surface area contributed by atoms with E-state index in [2.05, 4.69) is 46.3 Å². The van der Waals surface area contributed by atoms with Gasteiger partial charge < -0.3 is 5.73 Å². The molecule has 1 aromatic carbocycles. The lowest BCUT2D eigenvalue weighted by Gasteiger charge is -2.20. The highest BCUT2D eigenvalue weighted by molar-refractivity contribution is 5.28. The number of benzene rings is 1. The molecule has 0 saturated carbocycles. The van der Waals surface area contributed by atoms with E-state index in [9.17, 15) is 0 Å². The normalized spacial score (nSPS) is 15.7. The molecule has 2 heterocycles. The highest BCUT2D eigenvalue weighted by Crippen LogP contribution is 2.19. The van der Waals surface area contributed by atoms with Gasteiger partial charge >= 0.3 is 0 Å². The summed E-state index contributed by atoms with van der Waals surface area (Å²) < 4.78 is 0. The van der Waals surface area contributed by atoms with Crippen molar-refractivity contribution in [2.45, 2.75) is 32.5 Å². The first-order valence-corrected chi connectivity index (χ1v) is 7.29. The van der Waals surface area contributed by atoms with E-state index in [0.717, 1.165) is 31.0 Å². The molecule has 0 amide bonds. The van der Waals surface area contributed by atoms with Gasteiger partial charge in [0, 0.05) is 19.6 Å². The predicted molar refractivity (Wildman–Crippen MR) is 81.0 cm³/mol. The Morgan fingerprint density at radius 3 is 2.65 bits per heavy atom. The maximum absolute atomic E-state index is 5.66. The van der Waals surface area contributed by atoms with Gasteiger partial charge in [-0.3, -0.25) is 9.88 Å². The second-order valence-electron chi connectivity index (χ2n) is 5.41. The summed E-state index contributed by atoms with van der Waals surface area (Å²) in [4.78, 5) is 7.09. The quantitative estimate of drug-likeness (QED) is 0.929. The van der Waals surface area contributed by atoms with Gasteiger partial charge in [0.1, 0.15) is 0 Å². The van der Waals surface area contributed by atoms with Crippen molar-refractivity contribution in [2.24, 2.45) is 5.73 Å². The van der Waals surface area contributed by atoms with E-state index in [4.69, 9.17) is 5.73 Å². The van der Waals surface area contributed by atoms with Crippen LogP contribution in [0.2, 0.25) is 0 Å². The van der Waals surface area contributed by atoms with Gasteiger partial charge in [0.25, 0.3) is 0 Å². The van der Waals surface area contributed by atoms with Gasteiger partial charge in [-0.15, -0.1) is 0 Å². The third-order valence-corrected chi connectivity index (χ3v) is 3.89. The third-order valence-electron chi connectivity index (χ3n) is 3.89. The molecule has 20 heavy (non-hydrogen) atoms. The van der Waals surface area contributed by atoms with E-state index in [1.54, 1.807) is 0 Å². The zero-order chi connectivity index (χ0) is 13.8. The van der Waals surface area contributed by atoms with Crippen molar-refractivity contribution >= 4 is 0 Å². The van der Waals surface area contributed by atoms with Gasteiger partial charge in [0.2, 0.25) is 0 Å². The minimum absolute atomic E-state index is 0.511. The summed E-state index contributed by atoms with van der Waals surface area (Å²) in [5.41, 5.74) is 10.7. The molecule has 1 aromatic heterocycles. The summed E-state index contributed by atoms with van der Waals surface area (Å²) in [5.74, 6) is 0. The first kappa shape index (κ1) is 13.3. The maximum Gasteiger partial charge on any atom is 0.0547 e. The SMILES string of the molecule is NCc1cccc(CN2CCCc3ccccc3C2)n1. The van der Waals surface area contributed by atoms with Crippen LogP contribution in [0.5, 0.6) is 0 Å². The average Bonchev–Trinajstić information content (AvgIpc) is 2.69. The lowest BCUT2D eigenvalue weighted by atomic mass is 10.0. The lowest BCUT2D eigenvalue weighted by molar-refractivity contribution is 0.258. The molecule has 0 aliphatic carbocycles. The minimum atomic E-state index is 0.511. The van der Waals surface area contributed by atoms with Crippen LogP contribution < -0.4 is 5.73 Å². The number of fused-ring (bicyclic) bond motifs is 1. The topological polar surface area (TPSA) is 42.1 Å². The number of pyridine rings is 1. The third kappa shape index (κ3) is 3.06. The van der Waals surface area contributed by atoms with Crippen molar-refractivity contribution in [2.75, 3.05) is 6.54 Å². The Kier molecular flexibility index (Phi) is 4.09. The summed E-state index contributed by atoms with van der Waals surface area (Å²) >= 11 is 0. The number of hydrogen-bond acceptors (Lipinski definition) is 3. The highest BCUT2D eigenvalue weighted by atomic mass is 15.1. The molecule has 2 aromatic rings. The molecule has 0 fully saturated rings. The van der Waals surface area contributed by atoms with E-state index in [-0.39, 0.29) is 0 Å². The Balaban J connectivity index is 1.74. The van der Waals surface area contributed by atoms with Crippen LogP contribution in [0.4, 0.5) is 0 Å². The predicted octanol–water partition coefficient (Wildman–Crippen LogP) is 2.49. The molecule has 0 saturated heterocycles. The lowest BCUT2D eigenvalue weighted by Crippen LogP contribution is -2.23. The summed E-state index contributed by atoms with van der Waals surface area (Å²) in [7, 11) is 0. The number of aromatic nitrogens is 1. The van der Waals surface area contributed by atoms with Crippen molar-refractivity contribution < 1.29 is 0 Å². The van der Waals surface area contributed by atoms with Gasteiger partial charge in [-0.05, 0) is 42.6 Å². The average molecular weight is 267 g/mol. The molecule has 0 unspecified atom stereocenters. The molecule has 1 aliphatic heterocycles. The summed E-state index contributed by atoms with van der Waals surface area (Å²) in [6.07, 6.45) is 2.40. The molecular formula is C17H21N3. The van der Waals surface area contributed by atoms with E-state index in [1.807, 2.05) is 6.07 Å². The molecule has 0 spiro atoms. The Morgan fingerprint density at radius 1 is 1.00 bits per heavy atom. The van der Waals surface area contributed by atoms with Crippen molar-refractivity contribution in [1.29, 1.82) is 0 Å². The van der Waals surface area contributed by atoms with E-state index >= 15 is 0 Å². The zero-order valence-electron chi connectivity index (χ0n) is 11.8. The van der Waals surface area contributed by atoms with Crippen LogP contribution in [0.25, 0.3) is 0 Å². The van der Waals surface area contributed by atoms with Crippen LogP contribution >= 0.6 is 0 Å². The van der Waals surface area contributed by atoms with Crippen LogP contribution in [0.15, 0.2) is 42.5 Å². The number of rotatable bonds is 3. The smallest absolute Gasteiger partial charge is 0.0547 e.